The second-order valence-corrected chi connectivity index (χ2v) is 8.27. The number of rotatable bonds is 4. The molecule has 1 amide bonds. The molecule has 0 saturated heterocycles. The minimum Gasteiger partial charge on any atom is -0.321 e. The SMILES string of the molecule is Cc1nc(C(F)F)c(C(=O)Nc2ccccc2C2CC3CCC2C3)s1. The van der Waals surface area contributed by atoms with E-state index in [0.717, 1.165) is 28.5 Å². The number of fused-ring (bicyclic) bond motifs is 2. The number of nitrogens with one attached hydrogen (secondary N) is 1. The van der Waals surface area contributed by atoms with E-state index < -0.39 is 18.0 Å². The van der Waals surface area contributed by atoms with Gasteiger partial charge in [-0.2, -0.15) is 0 Å². The number of nitrogens with zero attached hydrogens (tertiary/aromatic N) is 1. The Morgan fingerprint density at radius 2 is 2.08 bits per heavy atom. The Bertz CT molecular complexity index is 804. The van der Waals surface area contributed by atoms with E-state index >= 15 is 0 Å². The number of anilines is 1. The summed E-state index contributed by atoms with van der Waals surface area (Å²) in [7, 11) is 0. The number of alkyl halides is 2. The minimum absolute atomic E-state index is 0.00949. The van der Waals surface area contributed by atoms with Crippen LogP contribution in [0, 0.1) is 18.8 Å². The van der Waals surface area contributed by atoms with Crippen LogP contribution in [0.25, 0.3) is 0 Å². The molecule has 3 unspecified atom stereocenters. The van der Waals surface area contributed by atoms with Crippen molar-refractivity contribution in [3.05, 3.63) is 45.4 Å². The monoisotopic (exact) mass is 362 g/mol. The highest BCUT2D eigenvalue weighted by atomic mass is 32.1. The summed E-state index contributed by atoms with van der Waals surface area (Å²) in [4.78, 5) is 16.4. The molecule has 2 aliphatic carbocycles. The molecule has 0 aliphatic heterocycles. The predicted octanol–water partition coefficient (Wildman–Crippen LogP) is 5.55. The van der Waals surface area contributed by atoms with Crippen molar-refractivity contribution in [2.45, 2.75) is 45.0 Å². The van der Waals surface area contributed by atoms with E-state index in [1.807, 2.05) is 18.2 Å². The zero-order valence-corrected chi connectivity index (χ0v) is 14.8. The Morgan fingerprint density at radius 1 is 1.28 bits per heavy atom. The Labute approximate surface area is 149 Å². The van der Waals surface area contributed by atoms with Crippen LogP contribution < -0.4 is 5.32 Å². The number of benzene rings is 1. The van der Waals surface area contributed by atoms with Gasteiger partial charge in [0, 0.05) is 5.69 Å². The maximum absolute atomic E-state index is 13.1. The molecular weight excluding hydrogens is 342 g/mol. The third kappa shape index (κ3) is 3.08. The number of carbonyl (C=O) groups is 1. The van der Waals surface area contributed by atoms with Gasteiger partial charge in [0.05, 0.1) is 5.01 Å². The normalized spacial score (nSPS) is 24.9. The third-order valence-corrected chi connectivity index (χ3v) is 6.51. The molecule has 0 spiro atoms. The van der Waals surface area contributed by atoms with Crippen LogP contribution in [0.2, 0.25) is 0 Å². The summed E-state index contributed by atoms with van der Waals surface area (Å²) in [6.45, 7) is 1.64. The lowest BCUT2D eigenvalue weighted by Gasteiger charge is -2.24. The van der Waals surface area contributed by atoms with Gasteiger partial charge >= 0.3 is 0 Å². The largest absolute Gasteiger partial charge is 0.321 e. The van der Waals surface area contributed by atoms with Crippen molar-refractivity contribution in [2.24, 2.45) is 11.8 Å². The molecule has 25 heavy (non-hydrogen) atoms. The molecule has 3 atom stereocenters. The van der Waals surface area contributed by atoms with Crippen LogP contribution in [0.5, 0.6) is 0 Å². The summed E-state index contributed by atoms with van der Waals surface area (Å²) >= 11 is 1.02. The van der Waals surface area contributed by atoms with Gasteiger partial charge in [-0.25, -0.2) is 13.8 Å². The van der Waals surface area contributed by atoms with Crippen LogP contribution >= 0.6 is 11.3 Å². The molecule has 6 heteroatoms. The lowest BCUT2D eigenvalue weighted by atomic mass is 9.82. The van der Waals surface area contributed by atoms with E-state index in [4.69, 9.17) is 0 Å². The quantitative estimate of drug-likeness (QED) is 0.775. The molecular formula is C19H20F2N2OS. The highest BCUT2D eigenvalue weighted by Crippen LogP contribution is 2.54. The van der Waals surface area contributed by atoms with Crippen molar-refractivity contribution >= 4 is 22.9 Å². The van der Waals surface area contributed by atoms with Gasteiger partial charge in [-0.15, -0.1) is 11.3 Å². The molecule has 3 nitrogen and oxygen atoms in total. The highest BCUT2D eigenvalue weighted by Gasteiger charge is 2.41. The van der Waals surface area contributed by atoms with E-state index in [2.05, 4.69) is 16.4 Å². The predicted molar refractivity (Wildman–Crippen MR) is 94.4 cm³/mol. The van der Waals surface area contributed by atoms with Crippen molar-refractivity contribution in [1.29, 1.82) is 0 Å². The number of aromatic nitrogens is 1. The first-order valence-corrected chi connectivity index (χ1v) is 9.50. The van der Waals surface area contributed by atoms with Crippen molar-refractivity contribution < 1.29 is 13.6 Å². The van der Waals surface area contributed by atoms with Crippen LogP contribution in [0.1, 0.15) is 64.0 Å². The molecule has 1 aromatic heterocycles. The van der Waals surface area contributed by atoms with E-state index in [1.165, 1.54) is 25.7 Å². The van der Waals surface area contributed by atoms with Gasteiger partial charge in [0.2, 0.25) is 0 Å². The van der Waals surface area contributed by atoms with Gasteiger partial charge in [-0.05, 0) is 55.6 Å². The highest BCUT2D eigenvalue weighted by molar-refractivity contribution is 7.13. The second-order valence-electron chi connectivity index (χ2n) is 7.07. The topological polar surface area (TPSA) is 42.0 Å². The average Bonchev–Trinajstić information content (AvgIpc) is 3.30. The standard InChI is InChI=1S/C19H20F2N2OS/c1-10-22-16(18(20)21)17(25-10)19(24)23-15-5-3-2-4-13(15)14-9-11-6-7-12(14)8-11/h2-5,11-12,14,18H,6-9H2,1H3,(H,23,24). The van der Waals surface area contributed by atoms with Crippen molar-refractivity contribution in [3.63, 3.8) is 0 Å². The maximum Gasteiger partial charge on any atom is 0.282 e. The third-order valence-electron chi connectivity index (χ3n) is 5.52. The molecule has 2 fully saturated rings. The number of thiazole rings is 1. The molecule has 1 aromatic carbocycles. The van der Waals surface area contributed by atoms with E-state index in [9.17, 15) is 13.6 Å². The lowest BCUT2D eigenvalue weighted by Crippen LogP contribution is -2.16. The first-order valence-electron chi connectivity index (χ1n) is 8.68. The Hall–Kier alpha value is -1.82. The number of carbonyl (C=O) groups excluding carboxylic acids is 1. The summed E-state index contributed by atoms with van der Waals surface area (Å²) in [6, 6.07) is 7.79. The fourth-order valence-corrected chi connectivity index (χ4v) is 5.32. The van der Waals surface area contributed by atoms with Crippen molar-refractivity contribution in [2.75, 3.05) is 5.32 Å². The van der Waals surface area contributed by atoms with Gasteiger partial charge in [0.25, 0.3) is 12.3 Å². The van der Waals surface area contributed by atoms with Crippen LogP contribution in [0.4, 0.5) is 14.5 Å². The van der Waals surface area contributed by atoms with Crippen LogP contribution in [0.15, 0.2) is 24.3 Å². The first-order chi connectivity index (χ1) is 12.0. The van der Waals surface area contributed by atoms with Crippen LogP contribution in [-0.2, 0) is 0 Å². The number of hydrogen-bond donors (Lipinski definition) is 1. The number of halogens is 2. The van der Waals surface area contributed by atoms with Crippen molar-refractivity contribution in [1.82, 2.24) is 4.98 Å². The lowest BCUT2D eigenvalue weighted by molar-refractivity contribution is 0.101. The maximum atomic E-state index is 13.1. The van der Waals surface area contributed by atoms with Gasteiger partial charge in [-0.3, -0.25) is 4.79 Å². The van der Waals surface area contributed by atoms with E-state index in [0.29, 0.717) is 16.8 Å². The molecule has 2 aliphatic rings. The van der Waals surface area contributed by atoms with Crippen LogP contribution in [-0.4, -0.2) is 10.9 Å². The minimum atomic E-state index is -2.74. The van der Waals surface area contributed by atoms with Gasteiger partial charge in [0.1, 0.15) is 10.6 Å². The smallest absolute Gasteiger partial charge is 0.282 e. The van der Waals surface area contributed by atoms with Gasteiger partial charge < -0.3 is 5.32 Å². The number of amides is 1. The molecule has 0 radical (unpaired) electrons. The molecule has 2 aromatic rings. The molecule has 2 saturated carbocycles. The average molecular weight is 362 g/mol. The molecule has 1 N–H and O–H groups in total. The Balaban J connectivity index is 1.60. The molecule has 4 rings (SSSR count). The molecule has 1 heterocycles. The summed E-state index contributed by atoms with van der Waals surface area (Å²) in [5.74, 6) is 1.46. The van der Waals surface area contributed by atoms with E-state index in [-0.39, 0.29) is 4.88 Å². The van der Waals surface area contributed by atoms with E-state index in [1.54, 1.807) is 6.92 Å². The Morgan fingerprint density at radius 3 is 2.76 bits per heavy atom. The molecule has 2 bridgehead atoms. The summed E-state index contributed by atoms with van der Waals surface area (Å²) in [5, 5.41) is 3.34. The fraction of sp³-hybridized carbons (Fsp3) is 0.474. The summed E-state index contributed by atoms with van der Waals surface area (Å²) in [5.41, 5.74) is 1.47. The Kier molecular flexibility index (Phi) is 4.31. The van der Waals surface area contributed by atoms with Gasteiger partial charge in [-0.1, -0.05) is 24.6 Å². The molecule has 132 valence electrons. The summed E-state index contributed by atoms with van der Waals surface area (Å²) in [6.07, 6.45) is 2.26. The second kappa shape index (κ2) is 6.48. The number of hydrogen-bond acceptors (Lipinski definition) is 3. The zero-order chi connectivity index (χ0) is 17.6. The van der Waals surface area contributed by atoms with Gasteiger partial charge in [0.15, 0.2) is 0 Å². The first kappa shape index (κ1) is 16.6. The fourth-order valence-electron chi connectivity index (χ4n) is 4.49. The number of aryl methyl sites for hydroxylation is 1. The number of para-hydroxylation sites is 1. The van der Waals surface area contributed by atoms with Crippen LogP contribution in [0.3, 0.4) is 0 Å². The zero-order valence-electron chi connectivity index (χ0n) is 14.0. The van der Waals surface area contributed by atoms with Crippen molar-refractivity contribution in [3.8, 4) is 0 Å². The summed E-state index contributed by atoms with van der Waals surface area (Å²) < 4.78 is 26.3.